The zero-order chi connectivity index (χ0) is 28.1. The summed E-state index contributed by atoms with van der Waals surface area (Å²) < 4.78 is 0. The number of imide groups is 1. The molecule has 0 unspecified atom stereocenters. The number of carbonyl (C=O) groups is 3. The molecule has 1 aromatic carbocycles. The van der Waals surface area contributed by atoms with Gasteiger partial charge in [-0.1, -0.05) is 51.8 Å². The third-order valence-corrected chi connectivity index (χ3v) is 7.43. The number of aromatic nitrogens is 3. The van der Waals surface area contributed by atoms with Crippen LogP contribution in [0.5, 0.6) is 0 Å². The summed E-state index contributed by atoms with van der Waals surface area (Å²) >= 11 is 0. The van der Waals surface area contributed by atoms with Gasteiger partial charge < -0.3 is 25.7 Å². The summed E-state index contributed by atoms with van der Waals surface area (Å²) in [5, 5.41) is 10.8. The van der Waals surface area contributed by atoms with Gasteiger partial charge in [-0.15, -0.1) is 0 Å². The van der Waals surface area contributed by atoms with Crippen molar-refractivity contribution in [3.05, 3.63) is 53.2 Å². The van der Waals surface area contributed by atoms with Crippen LogP contribution in [0.15, 0.2) is 30.5 Å². The number of aryl methyl sites for hydroxylation is 1. The molecule has 1 aliphatic rings. The number of carboxylic acid groups (broad SMARTS) is 1. The average molecular weight is 537 g/mol. The summed E-state index contributed by atoms with van der Waals surface area (Å²) in [5.74, 6) is -1.22. The minimum absolute atomic E-state index is 0.0995. The second-order valence-electron chi connectivity index (χ2n) is 10.8. The molecule has 2 aromatic heterocycles. The van der Waals surface area contributed by atoms with Gasteiger partial charge in [0.15, 0.2) is 5.69 Å². The number of nitrogens with two attached hydrogens (primary N) is 1. The first-order valence-electron chi connectivity index (χ1n) is 14.0. The first kappa shape index (κ1) is 28.4. The molecule has 2 atom stereocenters. The number of rotatable bonds is 9. The van der Waals surface area contributed by atoms with E-state index in [0.29, 0.717) is 31.6 Å². The van der Waals surface area contributed by atoms with Crippen LogP contribution < -0.4 is 5.73 Å². The molecule has 0 saturated carbocycles. The van der Waals surface area contributed by atoms with Gasteiger partial charge in [0, 0.05) is 42.3 Å². The number of urea groups is 1. The lowest BCUT2D eigenvalue weighted by molar-refractivity contribution is -0.132. The first-order chi connectivity index (χ1) is 18.7. The Morgan fingerprint density at radius 2 is 1.82 bits per heavy atom. The molecule has 5 N–H and O–H groups in total. The fraction of sp³-hybridized carbons (Fsp3) is 0.517. The Kier molecular flexibility index (Phi) is 9.06. The van der Waals surface area contributed by atoms with Crippen molar-refractivity contribution in [1.29, 1.82) is 0 Å². The van der Waals surface area contributed by atoms with Gasteiger partial charge in [0.1, 0.15) is 11.9 Å². The normalized spacial score (nSPS) is 15.8. The number of aromatic amines is 2. The van der Waals surface area contributed by atoms with Crippen LogP contribution in [-0.2, 0) is 17.6 Å². The largest absolute Gasteiger partial charge is 0.476 e. The summed E-state index contributed by atoms with van der Waals surface area (Å²) in [4.78, 5) is 54.1. The SMILES string of the molecule is CCc1[nH]c([C@@H](Cc2c[nH]c3ccccc23)N(C(=O)[C@@H](N)CC(C)C)C(=O)N2CCCCCC2)nc1C(=O)O. The summed E-state index contributed by atoms with van der Waals surface area (Å²) in [5.41, 5.74) is 8.58. The van der Waals surface area contributed by atoms with Gasteiger partial charge in [-0.05, 0) is 43.2 Å². The van der Waals surface area contributed by atoms with Crippen molar-refractivity contribution in [2.24, 2.45) is 11.7 Å². The molecule has 0 radical (unpaired) electrons. The number of fused-ring (bicyclic) bond motifs is 1. The van der Waals surface area contributed by atoms with Crippen molar-refractivity contribution >= 4 is 28.8 Å². The quantitative estimate of drug-likeness (QED) is 0.313. The molecular formula is C29H40N6O4. The number of carboxylic acids is 1. The molecule has 4 rings (SSSR count). The van der Waals surface area contributed by atoms with E-state index in [2.05, 4.69) is 15.0 Å². The Hall–Kier alpha value is -3.66. The van der Waals surface area contributed by atoms with Crippen LogP contribution in [0, 0.1) is 5.92 Å². The van der Waals surface area contributed by atoms with Crippen LogP contribution in [-0.4, -0.2) is 66.9 Å². The van der Waals surface area contributed by atoms with E-state index in [1.807, 2.05) is 51.2 Å². The lowest BCUT2D eigenvalue weighted by Crippen LogP contribution is -2.54. The monoisotopic (exact) mass is 536 g/mol. The highest BCUT2D eigenvalue weighted by atomic mass is 16.4. The number of hydrogen-bond donors (Lipinski definition) is 4. The number of nitrogens with one attached hydrogen (secondary N) is 2. The summed E-state index contributed by atoms with van der Waals surface area (Å²) in [6.45, 7) is 6.91. The van der Waals surface area contributed by atoms with E-state index in [1.54, 1.807) is 4.90 Å². The molecule has 10 heteroatoms. The van der Waals surface area contributed by atoms with E-state index >= 15 is 0 Å². The number of hydrogen-bond acceptors (Lipinski definition) is 5. The van der Waals surface area contributed by atoms with Gasteiger partial charge in [0.25, 0.3) is 0 Å². The predicted molar refractivity (Wildman–Crippen MR) is 149 cm³/mol. The molecule has 1 aliphatic heterocycles. The van der Waals surface area contributed by atoms with Gasteiger partial charge >= 0.3 is 12.0 Å². The number of imidazole rings is 1. The molecule has 10 nitrogen and oxygen atoms in total. The number of benzene rings is 1. The number of likely N-dealkylation sites (tertiary alicyclic amines) is 1. The maximum atomic E-state index is 14.2. The third-order valence-electron chi connectivity index (χ3n) is 7.43. The first-order valence-corrected chi connectivity index (χ1v) is 14.0. The number of H-pyrrole nitrogens is 2. The van der Waals surface area contributed by atoms with Crippen LogP contribution >= 0.6 is 0 Å². The standard InChI is InChI=1S/C29H40N6O4/c1-4-22-25(28(37)38)33-26(32-22)24(16-19-17-31-23-12-8-7-11-20(19)23)35(27(36)21(30)15-18(2)3)29(39)34-13-9-5-6-10-14-34/h7-8,11-12,17-18,21,24,31H,4-6,9-10,13-16,30H2,1-3H3,(H,32,33)(H,37,38)/t21-,24+/m0/s1. The maximum Gasteiger partial charge on any atom is 0.356 e. The lowest BCUT2D eigenvalue weighted by atomic mass is 9.99. The maximum absolute atomic E-state index is 14.2. The van der Waals surface area contributed by atoms with Crippen LogP contribution in [0.25, 0.3) is 10.9 Å². The molecule has 3 aromatic rings. The third kappa shape index (κ3) is 6.33. The Balaban J connectivity index is 1.85. The fourth-order valence-electron chi connectivity index (χ4n) is 5.42. The number of nitrogens with zero attached hydrogens (tertiary/aromatic N) is 3. The van der Waals surface area contributed by atoms with Crippen LogP contribution in [0.4, 0.5) is 4.79 Å². The van der Waals surface area contributed by atoms with Crippen molar-refractivity contribution in [2.45, 2.75) is 77.8 Å². The molecule has 1 saturated heterocycles. The summed E-state index contributed by atoms with van der Waals surface area (Å²) in [6.07, 6.45) is 6.74. The molecule has 210 valence electrons. The second-order valence-corrected chi connectivity index (χ2v) is 10.8. The van der Waals surface area contributed by atoms with E-state index in [4.69, 9.17) is 5.73 Å². The Morgan fingerprint density at radius 1 is 1.13 bits per heavy atom. The summed E-state index contributed by atoms with van der Waals surface area (Å²) in [7, 11) is 0. The lowest BCUT2D eigenvalue weighted by Gasteiger charge is -2.35. The molecule has 1 fully saturated rings. The van der Waals surface area contributed by atoms with Gasteiger partial charge in [0.05, 0.1) is 6.04 Å². The van der Waals surface area contributed by atoms with Crippen molar-refractivity contribution in [3.8, 4) is 0 Å². The molecular weight excluding hydrogens is 496 g/mol. The smallest absolute Gasteiger partial charge is 0.356 e. The van der Waals surface area contributed by atoms with E-state index in [1.165, 1.54) is 4.90 Å². The van der Waals surface area contributed by atoms with E-state index < -0.39 is 30.0 Å². The van der Waals surface area contributed by atoms with Gasteiger partial charge in [-0.2, -0.15) is 0 Å². The highest BCUT2D eigenvalue weighted by Crippen LogP contribution is 2.31. The zero-order valence-electron chi connectivity index (χ0n) is 23.1. The Morgan fingerprint density at radius 3 is 2.44 bits per heavy atom. The number of amides is 3. The van der Waals surface area contributed by atoms with Crippen molar-refractivity contribution in [3.63, 3.8) is 0 Å². The number of aromatic carboxylic acids is 1. The van der Waals surface area contributed by atoms with Crippen molar-refractivity contribution in [2.75, 3.05) is 13.1 Å². The minimum atomic E-state index is -1.16. The molecule has 0 spiro atoms. The molecule has 0 aliphatic carbocycles. The Labute approximate surface area is 229 Å². The molecule has 3 heterocycles. The van der Waals surface area contributed by atoms with Crippen LogP contribution in [0.2, 0.25) is 0 Å². The molecule has 39 heavy (non-hydrogen) atoms. The van der Waals surface area contributed by atoms with E-state index in [-0.39, 0.29) is 23.9 Å². The van der Waals surface area contributed by atoms with Gasteiger partial charge in [-0.3, -0.25) is 9.69 Å². The average Bonchev–Trinajstić information content (AvgIpc) is 3.42. The fourth-order valence-corrected chi connectivity index (χ4v) is 5.42. The van der Waals surface area contributed by atoms with Crippen molar-refractivity contribution in [1.82, 2.24) is 24.8 Å². The van der Waals surface area contributed by atoms with E-state index in [9.17, 15) is 19.5 Å². The molecule has 0 bridgehead atoms. The number of carbonyl (C=O) groups excluding carboxylic acids is 2. The topological polar surface area (TPSA) is 148 Å². The Bertz CT molecular complexity index is 1300. The van der Waals surface area contributed by atoms with E-state index in [0.717, 1.165) is 42.1 Å². The second kappa shape index (κ2) is 12.5. The number of para-hydroxylation sites is 1. The highest BCUT2D eigenvalue weighted by Gasteiger charge is 2.39. The minimum Gasteiger partial charge on any atom is -0.476 e. The van der Waals surface area contributed by atoms with Gasteiger partial charge in [-0.25, -0.2) is 14.6 Å². The zero-order valence-corrected chi connectivity index (χ0v) is 23.1. The predicted octanol–water partition coefficient (Wildman–Crippen LogP) is 4.63. The van der Waals surface area contributed by atoms with Crippen molar-refractivity contribution < 1.29 is 19.5 Å². The van der Waals surface area contributed by atoms with Crippen LogP contribution in [0.1, 0.15) is 86.5 Å². The summed E-state index contributed by atoms with van der Waals surface area (Å²) in [6, 6.07) is 5.65. The highest BCUT2D eigenvalue weighted by molar-refractivity contribution is 5.98. The molecule has 3 amide bonds. The van der Waals surface area contributed by atoms with Gasteiger partial charge in [0.2, 0.25) is 5.91 Å². The van der Waals surface area contributed by atoms with Crippen LogP contribution in [0.3, 0.4) is 0 Å².